The summed E-state index contributed by atoms with van der Waals surface area (Å²) in [7, 11) is 0. The van der Waals surface area contributed by atoms with Gasteiger partial charge in [0.2, 0.25) is 0 Å². The predicted molar refractivity (Wildman–Crippen MR) is 72.4 cm³/mol. The summed E-state index contributed by atoms with van der Waals surface area (Å²) in [5.74, 6) is 0. The Morgan fingerprint density at radius 1 is 1.22 bits per heavy atom. The molecule has 0 aliphatic rings. The second kappa shape index (κ2) is 5.80. The number of nitrogens with one attached hydrogen (secondary N) is 2. The van der Waals surface area contributed by atoms with Crippen LogP contribution in [0.5, 0.6) is 0 Å². The quantitative estimate of drug-likeness (QED) is 0.809. The van der Waals surface area contributed by atoms with E-state index in [0.717, 1.165) is 11.4 Å². The molecular formula is C13H23N3O2. The highest BCUT2D eigenvalue weighted by atomic mass is 16.6. The minimum atomic E-state index is -0.453. The third-order valence-electron chi connectivity index (χ3n) is 2.33. The molecule has 0 unspecified atom stereocenters. The van der Waals surface area contributed by atoms with Crippen molar-refractivity contribution in [2.45, 2.75) is 40.2 Å². The number of aromatic nitrogens is 1. The van der Waals surface area contributed by atoms with Gasteiger partial charge in [0.15, 0.2) is 0 Å². The molecule has 1 aromatic rings. The molecule has 0 fully saturated rings. The van der Waals surface area contributed by atoms with E-state index in [1.807, 2.05) is 51.4 Å². The van der Waals surface area contributed by atoms with Crippen LogP contribution in [-0.4, -0.2) is 29.5 Å². The standard InChI is InChI=1S/C13H23N3O2/c1-10-6-7-11(2)16(10)15-9-8-14-12(17)18-13(3,4)5/h6-7,15H,8-9H2,1-5H3,(H,14,17). The van der Waals surface area contributed by atoms with Crippen molar-refractivity contribution in [1.29, 1.82) is 0 Å². The number of rotatable bonds is 4. The number of amides is 1. The van der Waals surface area contributed by atoms with Crippen LogP contribution in [0.1, 0.15) is 32.2 Å². The number of hydrogen-bond donors (Lipinski definition) is 2. The summed E-state index contributed by atoms with van der Waals surface area (Å²) in [6.07, 6.45) is -0.384. The van der Waals surface area contributed by atoms with Crippen LogP contribution >= 0.6 is 0 Å². The number of aryl methyl sites for hydroxylation is 2. The summed E-state index contributed by atoms with van der Waals surface area (Å²) in [5, 5.41) is 2.70. The molecule has 1 aromatic heterocycles. The van der Waals surface area contributed by atoms with Gasteiger partial charge in [0, 0.05) is 24.5 Å². The highest BCUT2D eigenvalue weighted by Gasteiger charge is 2.15. The number of carbonyl (C=O) groups excluding carboxylic acids is 1. The van der Waals surface area contributed by atoms with E-state index in [1.54, 1.807) is 0 Å². The van der Waals surface area contributed by atoms with Gasteiger partial charge >= 0.3 is 6.09 Å². The smallest absolute Gasteiger partial charge is 0.407 e. The maximum Gasteiger partial charge on any atom is 0.407 e. The van der Waals surface area contributed by atoms with Crippen LogP contribution in [0.15, 0.2) is 12.1 Å². The van der Waals surface area contributed by atoms with Crippen LogP contribution < -0.4 is 10.7 Å². The van der Waals surface area contributed by atoms with Gasteiger partial charge in [-0.05, 0) is 46.8 Å². The van der Waals surface area contributed by atoms with Crippen molar-refractivity contribution < 1.29 is 9.53 Å². The third kappa shape index (κ3) is 4.69. The molecule has 0 bridgehead atoms. The van der Waals surface area contributed by atoms with Crippen molar-refractivity contribution in [1.82, 2.24) is 9.99 Å². The zero-order valence-corrected chi connectivity index (χ0v) is 11.8. The predicted octanol–water partition coefficient (Wildman–Crippen LogP) is 2.17. The summed E-state index contributed by atoms with van der Waals surface area (Å²) >= 11 is 0. The second-order valence-electron chi connectivity index (χ2n) is 5.29. The maximum absolute atomic E-state index is 11.4. The van der Waals surface area contributed by atoms with Crippen LogP contribution in [0.3, 0.4) is 0 Å². The second-order valence-corrected chi connectivity index (χ2v) is 5.29. The Kier molecular flexibility index (Phi) is 4.64. The number of nitrogens with zero attached hydrogens (tertiary/aromatic N) is 1. The first kappa shape index (κ1) is 14.4. The lowest BCUT2D eigenvalue weighted by Crippen LogP contribution is -2.36. The Balaban J connectivity index is 2.25. The lowest BCUT2D eigenvalue weighted by molar-refractivity contribution is 0.0530. The molecule has 1 heterocycles. The lowest BCUT2D eigenvalue weighted by atomic mass is 10.2. The number of alkyl carbamates (subject to hydrolysis) is 1. The summed E-state index contributed by atoms with van der Waals surface area (Å²) in [5.41, 5.74) is 5.06. The van der Waals surface area contributed by atoms with Crippen molar-refractivity contribution in [3.05, 3.63) is 23.5 Å². The molecule has 1 amide bonds. The Morgan fingerprint density at radius 3 is 2.28 bits per heavy atom. The molecule has 0 aliphatic carbocycles. The van der Waals surface area contributed by atoms with Gasteiger partial charge in [0.05, 0.1) is 0 Å². The van der Waals surface area contributed by atoms with Gasteiger partial charge in [-0.2, -0.15) is 0 Å². The van der Waals surface area contributed by atoms with Crippen molar-refractivity contribution in [3.63, 3.8) is 0 Å². The monoisotopic (exact) mass is 253 g/mol. The van der Waals surface area contributed by atoms with E-state index in [-0.39, 0.29) is 6.09 Å². The molecule has 5 nitrogen and oxygen atoms in total. The minimum absolute atomic E-state index is 0.384. The van der Waals surface area contributed by atoms with E-state index < -0.39 is 5.60 Å². The average molecular weight is 253 g/mol. The molecule has 0 aliphatic heterocycles. The first-order chi connectivity index (χ1) is 8.29. The van der Waals surface area contributed by atoms with E-state index in [4.69, 9.17) is 4.74 Å². The molecule has 1 rings (SSSR count). The Hall–Kier alpha value is -1.65. The molecule has 0 saturated heterocycles. The van der Waals surface area contributed by atoms with Crippen LogP contribution in [0, 0.1) is 13.8 Å². The van der Waals surface area contributed by atoms with Gasteiger partial charge in [-0.1, -0.05) is 0 Å². The molecule has 0 atom stereocenters. The van der Waals surface area contributed by atoms with Gasteiger partial charge in [-0.25, -0.2) is 4.79 Å². The summed E-state index contributed by atoms with van der Waals surface area (Å²) in [4.78, 5) is 11.4. The molecule has 2 N–H and O–H groups in total. The van der Waals surface area contributed by atoms with Crippen LogP contribution in [0.2, 0.25) is 0 Å². The molecule has 0 spiro atoms. The van der Waals surface area contributed by atoms with Gasteiger partial charge in [-0.3, -0.25) is 4.68 Å². The fourth-order valence-corrected chi connectivity index (χ4v) is 1.56. The lowest BCUT2D eigenvalue weighted by Gasteiger charge is -2.20. The Labute approximate surface area is 108 Å². The van der Waals surface area contributed by atoms with Gasteiger partial charge in [-0.15, -0.1) is 0 Å². The first-order valence-corrected chi connectivity index (χ1v) is 6.15. The largest absolute Gasteiger partial charge is 0.444 e. The third-order valence-corrected chi connectivity index (χ3v) is 2.33. The van der Waals surface area contributed by atoms with Gasteiger partial charge in [0.1, 0.15) is 5.60 Å². The molecule has 102 valence electrons. The van der Waals surface area contributed by atoms with Crippen LogP contribution in [0.4, 0.5) is 4.79 Å². The highest BCUT2D eigenvalue weighted by Crippen LogP contribution is 2.06. The van der Waals surface area contributed by atoms with Crippen molar-refractivity contribution in [2.24, 2.45) is 0 Å². The molecular weight excluding hydrogens is 230 g/mol. The molecule has 0 radical (unpaired) electrons. The SMILES string of the molecule is Cc1ccc(C)n1NCCNC(=O)OC(C)(C)C. The van der Waals surface area contributed by atoms with E-state index in [0.29, 0.717) is 13.1 Å². The fourth-order valence-electron chi connectivity index (χ4n) is 1.56. The Morgan fingerprint density at radius 2 is 1.78 bits per heavy atom. The van der Waals surface area contributed by atoms with E-state index in [2.05, 4.69) is 10.7 Å². The summed E-state index contributed by atoms with van der Waals surface area (Å²) in [6.45, 7) is 10.8. The van der Waals surface area contributed by atoms with E-state index >= 15 is 0 Å². The van der Waals surface area contributed by atoms with E-state index in [1.165, 1.54) is 0 Å². The number of carbonyl (C=O) groups is 1. The van der Waals surface area contributed by atoms with Crippen molar-refractivity contribution in [3.8, 4) is 0 Å². The number of ether oxygens (including phenoxy) is 1. The van der Waals surface area contributed by atoms with Crippen molar-refractivity contribution >= 4 is 6.09 Å². The summed E-state index contributed by atoms with van der Waals surface area (Å²) < 4.78 is 7.13. The van der Waals surface area contributed by atoms with Gasteiger partial charge in [0.25, 0.3) is 0 Å². The zero-order chi connectivity index (χ0) is 13.8. The average Bonchev–Trinajstić information content (AvgIpc) is 2.52. The van der Waals surface area contributed by atoms with Crippen LogP contribution in [0.25, 0.3) is 0 Å². The molecule has 18 heavy (non-hydrogen) atoms. The molecule has 0 aromatic carbocycles. The van der Waals surface area contributed by atoms with Crippen LogP contribution in [-0.2, 0) is 4.74 Å². The zero-order valence-electron chi connectivity index (χ0n) is 11.8. The topological polar surface area (TPSA) is 55.3 Å². The molecule has 0 saturated carbocycles. The van der Waals surface area contributed by atoms with Crippen molar-refractivity contribution in [2.75, 3.05) is 18.5 Å². The highest BCUT2D eigenvalue weighted by molar-refractivity contribution is 5.67. The Bertz CT molecular complexity index is 385. The van der Waals surface area contributed by atoms with Gasteiger partial charge < -0.3 is 15.5 Å². The summed E-state index contributed by atoms with van der Waals surface area (Å²) in [6, 6.07) is 4.09. The first-order valence-electron chi connectivity index (χ1n) is 6.15. The van der Waals surface area contributed by atoms with E-state index in [9.17, 15) is 4.79 Å². The number of hydrogen-bond acceptors (Lipinski definition) is 3. The maximum atomic E-state index is 11.4. The minimum Gasteiger partial charge on any atom is -0.444 e. The normalized spacial score (nSPS) is 11.2. The fraction of sp³-hybridized carbons (Fsp3) is 0.615. The molecule has 5 heteroatoms.